The normalized spacial score (nSPS) is 11.5. The van der Waals surface area contributed by atoms with E-state index in [1.54, 1.807) is 19.2 Å². The summed E-state index contributed by atoms with van der Waals surface area (Å²) < 4.78 is 19.4. The summed E-state index contributed by atoms with van der Waals surface area (Å²) in [4.78, 5) is 27.6. The van der Waals surface area contributed by atoms with Crippen LogP contribution in [0.25, 0.3) is 0 Å². The molecular weight excluding hydrogens is 407 g/mol. The lowest BCUT2D eigenvalue weighted by Gasteiger charge is -2.31. The highest BCUT2D eigenvalue weighted by molar-refractivity contribution is 5.88. The molecule has 0 bridgehead atoms. The molecule has 1 N–H and O–H groups in total. The average Bonchev–Trinajstić information content (AvgIpc) is 2.82. The first-order valence-electron chi connectivity index (χ1n) is 10.5. The van der Waals surface area contributed by atoms with E-state index < -0.39 is 17.8 Å². The molecule has 0 unspecified atom stereocenters. The van der Waals surface area contributed by atoms with Crippen molar-refractivity contribution in [1.29, 1.82) is 0 Å². The number of hydrogen-bond donors (Lipinski definition) is 1. The van der Waals surface area contributed by atoms with Crippen LogP contribution >= 0.6 is 0 Å². The molecule has 3 aromatic rings. The van der Waals surface area contributed by atoms with Gasteiger partial charge in [-0.3, -0.25) is 9.59 Å². The third-order valence-electron chi connectivity index (χ3n) is 5.18. The number of nitrogens with one attached hydrogen (secondary N) is 1. The summed E-state index contributed by atoms with van der Waals surface area (Å²) in [6.45, 7) is 1.83. The van der Waals surface area contributed by atoms with Crippen LogP contribution in [0, 0.1) is 12.7 Å². The second-order valence-corrected chi connectivity index (χ2v) is 7.55. The van der Waals surface area contributed by atoms with Crippen molar-refractivity contribution in [2.45, 2.75) is 25.9 Å². The van der Waals surface area contributed by atoms with Gasteiger partial charge < -0.3 is 15.0 Å². The molecule has 0 saturated heterocycles. The number of halogens is 1. The molecule has 3 rings (SSSR count). The van der Waals surface area contributed by atoms with Crippen molar-refractivity contribution in [3.8, 4) is 5.75 Å². The number of ether oxygens (including phenoxy) is 1. The Hall–Kier alpha value is -3.67. The van der Waals surface area contributed by atoms with Gasteiger partial charge in [0.2, 0.25) is 5.91 Å². The van der Waals surface area contributed by atoms with Crippen molar-refractivity contribution >= 4 is 11.8 Å². The van der Waals surface area contributed by atoms with Gasteiger partial charge in [-0.2, -0.15) is 0 Å². The van der Waals surface area contributed by atoms with Gasteiger partial charge >= 0.3 is 0 Å². The fraction of sp³-hybridized carbons (Fsp3) is 0.231. The number of carbonyl (C=O) groups is 2. The second-order valence-electron chi connectivity index (χ2n) is 7.55. The first-order chi connectivity index (χ1) is 15.5. The lowest BCUT2D eigenvalue weighted by atomic mass is 10.0. The van der Waals surface area contributed by atoms with Crippen molar-refractivity contribution in [1.82, 2.24) is 10.2 Å². The SMILES string of the molecule is CNC(=O)[C@@H](Cc1ccccc1)N(Cc1ccc(C)cc1)C(=O)COc1ccccc1F. The van der Waals surface area contributed by atoms with Crippen molar-refractivity contribution in [2.24, 2.45) is 0 Å². The van der Waals surface area contributed by atoms with E-state index in [1.807, 2.05) is 61.5 Å². The van der Waals surface area contributed by atoms with Crippen LogP contribution in [-0.2, 0) is 22.6 Å². The topological polar surface area (TPSA) is 58.6 Å². The molecule has 3 aromatic carbocycles. The summed E-state index contributed by atoms with van der Waals surface area (Å²) in [6, 6.07) is 22.5. The molecule has 0 aliphatic rings. The van der Waals surface area contributed by atoms with Gasteiger partial charge in [0.1, 0.15) is 6.04 Å². The van der Waals surface area contributed by atoms with Crippen molar-refractivity contribution in [3.63, 3.8) is 0 Å². The maximum atomic E-state index is 13.9. The molecule has 2 amide bonds. The Morgan fingerprint density at radius 1 is 0.938 bits per heavy atom. The van der Waals surface area contributed by atoms with E-state index in [0.29, 0.717) is 6.42 Å². The second kappa shape index (κ2) is 11.1. The zero-order valence-corrected chi connectivity index (χ0v) is 18.3. The fourth-order valence-corrected chi connectivity index (χ4v) is 3.39. The van der Waals surface area contributed by atoms with E-state index in [4.69, 9.17) is 4.74 Å². The summed E-state index contributed by atoms with van der Waals surface area (Å²) in [7, 11) is 1.55. The number of rotatable bonds is 9. The number of benzene rings is 3. The van der Waals surface area contributed by atoms with Crippen LogP contribution in [0.2, 0.25) is 0 Å². The summed E-state index contributed by atoms with van der Waals surface area (Å²) in [5.74, 6) is -1.23. The molecular formula is C26H27FN2O3. The molecule has 0 aromatic heterocycles. The highest BCUT2D eigenvalue weighted by Gasteiger charge is 2.30. The van der Waals surface area contributed by atoms with Gasteiger partial charge in [-0.15, -0.1) is 0 Å². The summed E-state index contributed by atoms with van der Waals surface area (Å²) in [5, 5.41) is 2.66. The van der Waals surface area contributed by atoms with Crippen molar-refractivity contribution in [2.75, 3.05) is 13.7 Å². The number of para-hydroxylation sites is 1. The Kier molecular flexibility index (Phi) is 7.97. The summed E-state index contributed by atoms with van der Waals surface area (Å²) >= 11 is 0. The van der Waals surface area contributed by atoms with Crippen LogP contribution in [0.15, 0.2) is 78.9 Å². The Bertz CT molecular complexity index is 1040. The van der Waals surface area contributed by atoms with Gasteiger partial charge in [0.15, 0.2) is 18.2 Å². The number of likely N-dealkylation sites (N-methyl/N-ethyl adjacent to an activating group) is 1. The van der Waals surface area contributed by atoms with E-state index in [0.717, 1.165) is 16.7 Å². The largest absolute Gasteiger partial charge is 0.481 e. The van der Waals surface area contributed by atoms with E-state index in [2.05, 4.69) is 5.32 Å². The van der Waals surface area contributed by atoms with Gasteiger partial charge in [0, 0.05) is 20.0 Å². The number of amides is 2. The average molecular weight is 435 g/mol. The molecule has 0 aliphatic carbocycles. The predicted octanol–water partition coefficient (Wildman–Crippen LogP) is 3.90. The fourth-order valence-electron chi connectivity index (χ4n) is 3.39. The van der Waals surface area contributed by atoms with Crippen LogP contribution < -0.4 is 10.1 Å². The van der Waals surface area contributed by atoms with Gasteiger partial charge in [-0.1, -0.05) is 72.3 Å². The summed E-state index contributed by atoms with van der Waals surface area (Å²) in [5.41, 5.74) is 2.91. The number of carbonyl (C=O) groups excluding carboxylic acids is 2. The first kappa shape index (κ1) is 23.0. The molecule has 0 heterocycles. The summed E-state index contributed by atoms with van der Waals surface area (Å²) in [6.07, 6.45) is 0.345. The maximum Gasteiger partial charge on any atom is 0.261 e. The van der Waals surface area contributed by atoms with E-state index in [-0.39, 0.29) is 24.8 Å². The molecule has 0 fully saturated rings. The van der Waals surface area contributed by atoms with E-state index >= 15 is 0 Å². The van der Waals surface area contributed by atoms with Crippen LogP contribution in [0.1, 0.15) is 16.7 Å². The molecule has 5 nitrogen and oxygen atoms in total. The quantitative estimate of drug-likeness (QED) is 0.556. The molecule has 0 saturated carbocycles. The van der Waals surface area contributed by atoms with Crippen molar-refractivity contribution < 1.29 is 18.7 Å². The van der Waals surface area contributed by atoms with Crippen LogP contribution in [0.4, 0.5) is 4.39 Å². The highest BCUT2D eigenvalue weighted by atomic mass is 19.1. The van der Waals surface area contributed by atoms with Gasteiger partial charge in [-0.25, -0.2) is 4.39 Å². The molecule has 0 spiro atoms. The molecule has 6 heteroatoms. The standard InChI is InChI=1S/C26H27FN2O3/c1-19-12-14-21(15-13-19)17-29(25(30)18-32-24-11-7-6-10-22(24)27)23(26(31)28-2)16-20-8-4-3-5-9-20/h3-15,23H,16-18H2,1-2H3,(H,28,31)/t23-/m1/s1. The molecule has 1 atom stereocenters. The minimum atomic E-state index is -0.750. The monoisotopic (exact) mass is 434 g/mol. The first-order valence-corrected chi connectivity index (χ1v) is 10.5. The lowest BCUT2D eigenvalue weighted by molar-refractivity contribution is -0.142. The highest BCUT2D eigenvalue weighted by Crippen LogP contribution is 2.18. The minimum Gasteiger partial charge on any atom is -0.481 e. The smallest absolute Gasteiger partial charge is 0.261 e. The number of aryl methyl sites for hydroxylation is 1. The molecule has 0 radical (unpaired) electrons. The Morgan fingerprint density at radius 2 is 1.59 bits per heavy atom. The van der Waals surface area contributed by atoms with E-state index in [1.165, 1.54) is 17.0 Å². The van der Waals surface area contributed by atoms with Crippen molar-refractivity contribution in [3.05, 3.63) is 101 Å². The van der Waals surface area contributed by atoms with Crippen LogP contribution in [-0.4, -0.2) is 36.4 Å². The zero-order valence-electron chi connectivity index (χ0n) is 18.3. The third kappa shape index (κ3) is 6.17. The Balaban J connectivity index is 1.87. The van der Waals surface area contributed by atoms with Gasteiger partial charge in [0.25, 0.3) is 5.91 Å². The third-order valence-corrected chi connectivity index (χ3v) is 5.18. The Morgan fingerprint density at radius 3 is 2.25 bits per heavy atom. The van der Waals surface area contributed by atoms with Crippen LogP contribution in [0.5, 0.6) is 5.75 Å². The van der Waals surface area contributed by atoms with Crippen LogP contribution in [0.3, 0.4) is 0 Å². The molecule has 32 heavy (non-hydrogen) atoms. The number of hydrogen-bond acceptors (Lipinski definition) is 3. The van der Waals surface area contributed by atoms with E-state index in [9.17, 15) is 14.0 Å². The molecule has 0 aliphatic heterocycles. The predicted molar refractivity (Wildman–Crippen MR) is 122 cm³/mol. The lowest BCUT2D eigenvalue weighted by Crippen LogP contribution is -2.51. The Labute approximate surface area is 187 Å². The van der Waals surface area contributed by atoms with Gasteiger partial charge in [-0.05, 0) is 30.2 Å². The zero-order chi connectivity index (χ0) is 22.9. The van der Waals surface area contributed by atoms with Gasteiger partial charge in [0.05, 0.1) is 0 Å². The maximum absolute atomic E-state index is 13.9. The molecule has 166 valence electrons. The minimum absolute atomic E-state index is 0.00399. The number of nitrogens with zero attached hydrogens (tertiary/aromatic N) is 1.